The first-order valence-electron chi connectivity index (χ1n) is 12.0. The zero-order valence-electron chi connectivity index (χ0n) is 20.4. The Balaban J connectivity index is 1.94. The van der Waals surface area contributed by atoms with Gasteiger partial charge in [-0.2, -0.15) is 0 Å². The molecule has 0 bridgehead atoms. The summed E-state index contributed by atoms with van der Waals surface area (Å²) in [6.07, 6.45) is 3.18. The molecule has 3 aromatic rings. The minimum atomic E-state index is -0.750. The number of unbranched alkanes of at least 4 members (excludes halogenated alkanes) is 2. The quantitative estimate of drug-likeness (QED) is 0.317. The molecule has 0 saturated carbocycles. The molecule has 0 spiro atoms. The lowest BCUT2D eigenvalue weighted by molar-refractivity contribution is -0.141. The lowest BCUT2D eigenvalue weighted by Gasteiger charge is -2.32. The van der Waals surface area contributed by atoms with Gasteiger partial charge in [-0.25, -0.2) is 0 Å². The highest BCUT2D eigenvalue weighted by Crippen LogP contribution is 2.26. The molecule has 0 saturated heterocycles. The number of carbonyl (C=O) groups is 2. The van der Waals surface area contributed by atoms with Gasteiger partial charge in [0.25, 0.3) is 0 Å². The van der Waals surface area contributed by atoms with Crippen molar-refractivity contribution in [3.05, 3.63) is 101 Å². The molecular weight excluding hydrogens is 460 g/mol. The summed E-state index contributed by atoms with van der Waals surface area (Å²) >= 11 is 6.03. The number of nitrogens with one attached hydrogen (secondary N) is 1. The average molecular weight is 493 g/mol. The van der Waals surface area contributed by atoms with Crippen LogP contribution in [0.1, 0.15) is 48.9 Å². The van der Waals surface area contributed by atoms with Crippen LogP contribution >= 0.6 is 11.6 Å². The molecule has 0 heterocycles. The predicted octanol–water partition coefficient (Wildman–Crippen LogP) is 5.97. The highest BCUT2D eigenvalue weighted by atomic mass is 35.5. The third kappa shape index (κ3) is 7.86. The Morgan fingerprint density at radius 2 is 1.57 bits per heavy atom. The molecule has 3 rings (SSSR count). The molecule has 0 aliphatic carbocycles. The van der Waals surface area contributed by atoms with Crippen LogP contribution in [0, 0.1) is 0 Å². The Labute approximate surface area is 213 Å². The van der Waals surface area contributed by atoms with Crippen molar-refractivity contribution in [3.8, 4) is 5.75 Å². The van der Waals surface area contributed by atoms with Crippen LogP contribution in [-0.4, -0.2) is 30.4 Å². The van der Waals surface area contributed by atoms with E-state index < -0.39 is 6.04 Å². The van der Waals surface area contributed by atoms with Crippen LogP contribution in [-0.2, 0) is 22.6 Å². The monoisotopic (exact) mass is 492 g/mol. The van der Waals surface area contributed by atoms with E-state index in [1.165, 1.54) is 0 Å². The highest BCUT2D eigenvalue weighted by Gasteiger charge is 2.31. The molecule has 1 atom stereocenters. The number of hydrogen-bond donors (Lipinski definition) is 1. The Hall–Kier alpha value is -3.31. The van der Waals surface area contributed by atoms with Crippen molar-refractivity contribution in [2.24, 2.45) is 0 Å². The lowest BCUT2D eigenvalue weighted by Crippen LogP contribution is -2.44. The molecule has 35 heavy (non-hydrogen) atoms. The van der Waals surface area contributed by atoms with E-state index in [0.717, 1.165) is 41.7 Å². The number of amides is 2. The molecule has 0 fully saturated rings. The van der Waals surface area contributed by atoms with Crippen molar-refractivity contribution in [2.75, 3.05) is 13.7 Å². The minimum absolute atomic E-state index is 0.138. The first kappa shape index (κ1) is 26.3. The molecule has 0 aromatic heterocycles. The molecule has 1 N–H and O–H groups in total. The number of carbonyl (C=O) groups excluding carboxylic acids is 2. The summed E-state index contributed by atoms with van der Waals surface area (Å²) in [6.45, 7) is 3.00. The predicted molar refractivity (Wildman–Crippen MR) is 140 cm³/mol. The van der Waals surface area contributed by atoms with Crippen LogP contribution in [0.4, 0.5) is 0 Å². The Morgan fingerprint density at radius 1 is 0.914 bits per heavy atom. The second-order valence-corrected chi connectivity index (χ2v) is 8.92. The van der Waals surface area contributed by atoms with Gasteiger partial charge in [0.1, 0.15) is 11.8 Å². The molecule has 0 unspecified atom stereocenters. The van der Waals surface area contributed by atoms with Crippen molar-refractivity contribution in [1.82, 2.24) is 10.2 Å². The molecule has 0 aliphatic heterocycles. The van der Waals surface area contributed by atoms with Crippen LogP contribution < -0.4 is 10.1 Å². The summed E-state index contributed by atoms with van der Waals surface area (Å²) in [4.78, 5) is 28.9. The van der Waals surface area contributed by atoms with E-state index in [1.807, 2.05) is 66.7 Å². The number of nitrogens with zero attached hydrogens (tertiary/aromatic N) is 1. The second-order valence-electron chi connectivity index (χ2n) is 8.48. The molecule has 6 heteroatoms. The van der Waals surface area contributed by atoms with Crippen molar-refractivity contribution < 1.29 is 14.3 Å². The smallest absolute Gasteiger partial charge is 0.247 e. The zero-order chi connectivity index (χ0) is 25.0. The molecule has 184 valence electrons. The van der Waals surface area contributed by atoms with Crippen LogP contribution in [0.15, 0.2) is 78.9 Å². The van der Waals surface area contributed by atoms with Gasteiger partial charge in [0.2, 0.25) is 11.8 Å². The first-order valence-corrected chi connectivity index (χ1v) is 12.4. The van der Waals surface area contributed by atoms with Crippen molar-refractivity contribution in [2.45, 2.75) is 45.2 Å². The molecule has 0 radical (unpaired) electrons. The minimum Gasteiger partial charge on any atom is -0.497 e. The number of methoxy groups -OCH3 is 1. The number of halogens is 1. The summed E-state index contributed by atoms with van der Waals surface area (Å²) < 4.78 is 5.27. The standard InChI is InChI=1S/C29H33ClN2O3/c1-3-4-8-19-31-29(34)28(24-9-6-5-7-10-24)32(21-23-13-17-26(35-2)18-14-23)27(33)20-22-11-15-25(30)16-12-22/h5-7,9-18,28H,3-4,8,19-21H2,1-2H3,(H,31,34)/t28-/m0/s1. The molecule has 2 amide bonds. The van der Waals surface area contributed by atoms with Gasteiger partial charge in [-0.3, -0.25) is 9.59 Å². The second kappa shape index (κ2) is 13.5. The highest BCUT2D eigenvalue weighted by molar-refractivity contribution is 6.30. The van der Waals surface area contributed by atoms with E-state index in [9.17, 15) is 9.59 Å². The van der Waals surface area contributed by atoms with E-state index >= 15 is 0 Å². The van der Waals surface area contributed by atoms with Crippen LogP contribution in [0.5, 0.6) is 5.75 Å². The van der Waals surface area contributed by atoms with Crippen LogP contribution in [0.2, 0.25) is 5.02 Å². The first-order chi connectivity index (χ1) is 17.0. The summed E-state index contributed by atoms with van der Waals surface area (Å²) in [7, 11) is 1.62. The van der Waals surface area contributed by atoms with Gasteiger partial charge >= 0.3 is 0 Å². The normalized spacial score (nSPS) is 11.5. The van der Waals surface area contributed by atoms with Crippen molar-refractivity contribution in [3.63, 3.8) is 0 Å². The maximum Gasteiger partial charge on any atom is 0.247 e. The fourth-order valence-electron chi connectivity index (χ4n) is 3.92. The number of ether oxygens (including phenoxy) is 1. The lowest BCUT2D eigenvalue weighted by atomic mass is 10.0. The van der Waals surface area contributed by atoms with Gasteiger partial charge in [0.05, 0.1) is 13.5 Å². The summed E-state index contributed by atoms with van der Waals surface area (Å²) in [5.74, 6) is 0.423. The number of hydrogen-bond acceptors (Lipinski definition) is 3. The Kier molecular flexibility index (Phi) is 10.2. The number of benzene rings is 3. The van der Waals surface area contributed by atoms with E-state index in [-0.39, 0.29) is 18.2 Å². The van der Waals surface area contributed by atoms with Gasteiger partial charge in [-0.05, 0) is 47.4 Å². The maximum atomic E-state index is 13.7. The van der Waals surface area contributed by atoms with Gasteiger partial charge in [0.15, 0.2) is 0 Å². The molecular formula is C29H33ClN2O3. The largest absolute Gasteiger partial charge is 0.497 e. The van der Waals surface area contributed by atoms with Gasteiger partial charge < -0.3 is 15.0 Å². The fourth-order valence-corrected chi connectivity index (χ4v) is 4.05. The molecule has 5 nitrogen and oxygen atoms in total. The topological polar surface area (TPSA) is 58.6 Å². The van der Waals surface area contributed by atoms with Gasteiger partial charge in [0, 0.05) is 18.1 Å². The fraction of sp³-hybridized carbons (Fsp3) is 0.310. The SMILES string of the molecule is CCCCCNC(=O)[C@H](c1ccccc1)N(Cc1ccc(OC)cc1)C(=O)Cc1ccc(Cl)cc1. The average Bonchev–Trinajstić information content (AvgIpc) is 2.88. The summed E-state index contributed by atoms with van der Waals surface area (Å²) in [6, 6.07) is 23.5. The maximum absolute atomic E-state index is 13.7. The van der Waals surface area contributed by atoms with Crippen LogP contribution in [0.3, 0.4) is 0 Å². The van der Waals surface area contributed by atoms with Crippen LogP contribution in [0.25, 0.3) is 0 Å². The third-order valence-electron chi connectivity index (χ3n) is 5.86. The zero-order valence-corrected chi connectivity index (χ0v) is 21.1. The van der Waals surface area contributed by atoms with E-state index in [1.54, 1.807) is 24.1 Å². The Bertz CT molecular complexity index is 1070. The molecule has 3 aromatic carbocycles. The van der Waals surface area contributed by atoms with Crippen molar-refractivity contribution >= 4 is 23.4 Å². The number of rotatable bonds is 12. The van der Waals surface area contributed by atoms with Crippen molar-refractivity contribution in [1.29, 1.82) is 0 Å². The van der Waals surface area contributed by atoms with Gasteiger partial charge in [-0.1, -0.05) is 86.0 Å². The van der Waals surface area contributed by atoms with E-state index in [2.05, 4.69) is 12.2 Å². The molecule has 0 aliphatic rings. The van der Waals surface area contributed by atoms with E-state index in [4.69, 9.17) is 16.3 Å². The summed E-state index contributed by atoms with van der Waals surface area (Å²) in [5, 5.41) is 3.67. The van der Waals surface area contributed by atoms with Gasteiger partial charge in [-0.15, -0.1) is 0 Å². The summed E-state index contributed by atoms with van der Waals surface area (Å²) in [5.41, 5.74) is 2.53. The third-order valence-corrected chi connectivity index (χ3v) is 6.11. The Morgan fingerprint density at radius 3 is 2.20 bits per heavy atom. The van der Waals surface area contributed by atoms with E-state index in [0.29, 0.717) is 18.1 Å².